The van der Waals surface area contributed by atoms with Crippen molar-refractivity contribution in [2.24, 2.45) is 5.10 Å². The van der Waals surface area contributed by atoms with Crippen LogP contribution in [0.3, 0.4) is 0 Å². The number of furan rings is 1. The molecule has 0 bridgehead atoms. The first kappa shape index (κ1) is 16.8. The Morgan fingerprint density at radius 3 is 2.96 bits per heavy atom. The molecule has 0 spiro atoms. The summed E-state index contributed by atoms with van der Waals surface area (Å²) in [5.74, 6) is 0.813. The number of hydrogen-bond donors (Lipinski definition) is 1. The third-order valence-electron chi connectivity index (χ3n) is 3.13. The molecular weight excluding hydrogens is 338 g/mol. The molecule has 25 heavy (non-hydrogen) atoms. The van der Waals surface area contributed by atoms with Gasteiger partial charge >= 0.3 is 0 Å². The number of rotatable bonds is 6. The highest BCUT2D eigenvalue weighted by atomic mass is 32.2. The van der Waals surface area contributed by atoms with E-state index in [4.69, 9.17) is 9.15 Å². The van der Waals surface area contributed by atoms with Crippen LogP contribution in [-0.4, -0.2) is 24.2 Å². The molecule has 2 heterocycles. The van der Waals surface area contributed by atoms with E-state index in [-0.39, 0.29) is 5.91 Å². The summed E-state index contributed by atoms with van der Waals surface area (Å²) < 4.78 is 10.7. The van der Waals surface area contributed by atoms with E-state index >= 15 is 0 Å². The minimum absolute atomic E-state index is 0.329. The summed E-state index contributed by atoms with van der Waals surface area (Å²) >= 11 is 1.41. The molecule has 1 N–H and O–H groups in total. The Balaban J connectivity index is 1.58. The average molecular weight is 353 g/mol. The van der Waals surface area contributed by atoms with Crippen LogP contribution >= 0.6 is 11.8 Å². The molecule has 0 unspecified atom stereocenters. The van der Waals surface area contributed by atoms with Gasteiger partial charge in [-0.2, -0.15) is 5.10 Å². The third kappa shape index (κ3) is 4.71. The molecule has 1 aromatic carbocycles. The van der Waals surface area contributed by atoms with Crippen LogP contribution in [-0.2, 0) is 0 Å². The van der Waals surface area contributed by atoms with E-state index in [9.17, 15) is 4.79 Å². The molecule has 2 aromatic heterocycles. The fourth-order valence-electron chi connectivity index (χ4n) is 1.95. The van der Waals surface area contributed by atoms with Crippen molar-refractivity contribution >= 4 is 23.9 Å². The summed E-state index contributed by atoms with van der Waals surface area (Å²) in [6, 6.07) is 16.1. The lowest BCUT2D eigenvalue weighted by Gasteiger charge is -2.02. The Morgan fingerprint density at radius 2 is 2.16 bits per heavy atom. The van der Waals surface area contributed by atoms with Gasteiger partial charge in [0.25, 0.3) is 5.91 Å². The molecule has 0 saturated carbocycles. The zero-order valence-corrected chi connectivity index (χ0v) is 14.2. The molecular formula is C18H15N3O3S. The Morgan fingerprint density at radius 1 is 1.24 bits per heavy atom. The fraction of sp³-hybridized carbons (Fsp3) is 0.0556. The maximum absolute atomic E-state index is 12.0. The maximum Gasteiger partial charge on any atom is 0.271 e. The molecule has 0 aliphatic rings. The first-order valence-corrected chi connectivity index (χ1v) is 8.22. The monoisotopic (exact) mass is 353 g/mol. The van der Waals surface area contributed by atoms with Crippen molar-refractivity contribution in [3.8, 4) is 5.75 Å². The zero-order valence-electron chi connectivity index (χ0n) is 13.4. The maximum atomic E-state index is 12.0. The standard InChI is InChI=1S/C18H15N3O3S/c1-23-14-6-4-5-13(11-14)18(22)21-20-12-15-8-9-17(24-15)25-16-7-2-3-10-19-16/h2-12H,1H3,(H,21,22)/b20-12-. The minimum Gasteiger partial charge on any atom is -0.497 e. The number of nitrogens with one attached hydrogen (secondary N) is 1. The van der Waals surface area contributed by atoms with Gasteiger partial charge in [-0.05, 0) is 54.2 Å². The highest BCUT2D eigenvalue weighted by Gasteiger charge is 2.06. The summed E-state index contributed by atoms with van der Waals surface area (Å²) in [5.41, 5.74) is 2.91. The van der Waals surface area contributed by atoms with E-state index in [0.717, 1.165) is 5.03 Å². The number of nitrogens with zero attached hydrogens (tertiary/aromatic N) is 2. The van der Waals surface area contributed by atoms with Crippen molar-refractivity contribution in [2.75, 3.05) is 7.11 Å². The molecule has 3 rings (SSSR count). The Labute approximate surface area is 148 Å². The lowest BCUT2D eigenvalue weighted by molar-refractivity contribution is 0.0954. The van der Waals surface area contributed by atoms with Gasteiger partial charge in [0.1, 0.15) is 16.5 Å². The van der Waals surface area contributed by atoms with Crippen LogP contribution in [0.15, 0.2) is 80.4 Å². The van der Waals surface area contributed by atoms with E-state index in [1.54, 1.807) is 43.6 Å². The number of hydrogen-bond acceptors (Lipinski definition) is 6. The molecule has 7 heteroatoms. The molecule has 0 aliphatic carbocycles. The summed E-state index contributed by atoms with van der Waals surface area (Å²) in [6.45, 7) is 0. The molecule has 0 fully saturated rings. The van der Waals surface area contributed by atoms with Gasteiger partial charge in [0.05, 0.1) is 13.3 Å². The first-order chi connectivity index (χ1) is 12.2. The summed E-state index contributed by atoms with van der Waals surface area (Å²) in [6.07, 6.45) is 3.17. The smallest absolute Gasteiger partial charge is 0.271 e. The van der Waals surface area contributed by atoms with Crippen LogP contribution in [0, 0.1) is 0 Å². The molecule has 0 aliphatic heterocycles. The number of benzene rings is 1. The second kappa shape index (κ2) is 8.16. The van der Waals surface area contributed by atoms with Crippen molar-refractivity contribution in [2.45, 2.75) is 10.1 Å². The average Bonchev–Trinajstić information content (AvgIpc) is 3.09. The molecule has 126 valence electrons. The number of amides is 1. The number of pyridine rings is 1. The third-order valence-corrected chi connectivity index (χ3v) is 4.01. The number of aromatic nitrogens is 1. The van der Waals surface area contributed by atoms with E-state index in [1.165, 1.54) is 18.0 Å². The molecule has 0 atom stereocenters. The largest absolute Gasteiger partial charge is 0.497 e. The van der Waals surface area contributed by atoms with Crippen molar-refractivity contribution < 1.29 is 13.9 Å². The molecule has 1 amide bonds. The van der Waals surface area contributed by atoms with Crippen LogP contribution in [0.5, 0.6) is 5.75 Å². The number of ether oxygens (including phenoxy) is 1. The Bertz CT molecular complexity index is 878. The van der Waals surface area contributed by atoms with E-state index in [1.807, 2.05) is 24.3 Å². The quantitative estimate of drug-likeness (QED) is 0.541. The van der Waals surface area contributed by atoms with Crippen LogP contribution in [0.1, 0.15) is 16.1 Å². The predicted octanol–water partition coefficient (Wildman–Crippen LogP) is 3.60. The van der Waals surface area contributed by atoms with E-state index in [0.29, 0.717) is 22.2 Å². The molecule has 0 saturated heterocycles. The molecule has 3 aromatic rings. The van der Waals surface area contributed by atoms with Gasteiger partial charge in [-0.15, -0.1) is 0 Å². The summed E-state index contributed by atoms with van der Waals surface area (Å²) in [4.78, 5) is 16.2. The van der Waals surface area contributed by atoms with Crippen LogP contribution in [0.25, 0.3) is 0 Å². The number of carbonyl (C=O) groups is 1. The molecule has 0 radical (unpaired) electrons. The highest BCUT2D eigenvalue weighted by Crippen LogP contribution is 2.26. The molecule has 6 nitrogen and oxygen atoms in total. The summed E-state index contributed by atoms with van der Waals surface area (Å²) in [7, 11) is 1.55. The second-order valence-corrected chi connectivity index (χ2v) is 5.88. The van der Waals surface area contributed by atoms with Crippen LogP contribution < -0.4 is 10.2 Å². The fourth-order valence-corrected chi connectivity index (χ4v) is 2.69. The normalized spacial score (nSPS) is 10.8. The predicted molar refractivity (Wildman–Crippen MR) is 95.1 cm³/mol. The van der Waals surface area contributed by atoms with Gasteiger partial charge in [-0.1, -0.05) is 12.1 Å². The van der Waals surface area contributed by atoms with Gasteiger partial charge in [-0.25, -0.2) is 10.4 Å². The van der Waals surface area contributed by atoms with Crippen molar-refractivity contribution in [1.82, 2.24) is 10.4 Å². The van der Waals surface area contributed by atoms with Crippen molar-refractivity contribution in [3.05, 3.63) is 72.1 Å². The summed E-state index contributed by atoms with van der Waals surface area (Å²) in [5, 5.41) is 5.44. The van der Waals surface area contributed by atoms with Gasteiger partial charge in [0.15, 0.2) is 5.09 Å². The number of hydrazone groups is 1. The van der Waals surface area contributed by atoms with Crippen LogP contribution in [0.4, 0.5) is 0 Å². The van der Waals surface area contributed by atoms with E-state index in [2.05, 4.69) is 15.5 Å². The van der Waals surface area contributed by atoms with Crippen molar-refractivity contribution in [1.29, 1.82) is 0 Å². The van der Waals surface area contributed by atoms with Gasteiger partial charge < -0.3 is 9.15 Å². The second-order valence-electron chi connectivity index (χ2n) is 4.86. The number of methoxy groups -OCH3 is 1. The van der Waals surface area contributed by atoms with Gasteiger partial charge in [-0.3, -0.25) is 4.79 Å². The van der Waals surface area contributed by atoms with Gasteiger partial charge in [0.2, 0.25) is 0 Å². The minimum atomic E-state index is -0.329. The van der Waals surface area contributed by atoms with Gasteiger partial charge in [0, 0.05) is 11.8 Å². The van der Waals surface area contributed by atoms with Crippen LogP contribution in [0.2, 0.25) is 0 Å². The zero-order chi connectivity index (χ0) is 17.5. The first-order valence-electron chi connectivity index (χ1n) is 7.41. The Kier molecular flexibility index (Phi) is 5.48. The highest BCUT2D eigenvalue weighted by molar-refractivity contribution is 7.99. The number of carbonyl (C=O) groups excluding carboxylic acids is 1. The SMILES string of the molecule is COc1cccc(C(=O)N/N=C\c2ccc(Sc3ccccn3)o2)c1. The van der Waals surface area contributed by atoms with E-state index < -0.39 is 0 Å². The topological polar surface area (TPSA) is 76.7 Å². The lowest BCUT2D eigenvalue weighted by Crippen LogP contribution is -2.17. The Hall–Kier alpha value is -3.06. The van der Waals surface area contributed by atoms with Crippen molar-refractivity contribution in [3.63, 3.8) is 0 Å². The lowest BCUT2D eigenvalue weighted by atomic mass is 10.2.